The number of hydrogen-bond donors (Lipinski definition) is 1. The summed E-state index contributed by atoms with van der Waals surface area (Å²) in [4.78, 5) is 19.0. The van der Waals surface area contributed by atoms with Gasteiger partial charge in [0.15, 0.2) is 5.58 Å². The topological polar surface area (TPSA) is 61.7 Å². The summed E-state index contributed by atoms with van der Waals surface area (Å²) >= 11 is 0. The van der Waals surface area contributed by atoms with Gasteiger partial charge in [0.2, 0.25) is 0 Å². The zero-order valence-corrected chi connectivity index (χ0v) is 14.2. The molecule has 4 rings (SSSR count). The summed E-state index contributed by atoms with van der Waals surface area (Å²) < 4.78 is 10.6. The maximum atomic E-state index is 11.4. The van der Waals surface area contributed by atoms with Crippen molar-refractivity contribution >= 4 is 16.8 Å². The maximum Gasteiger partial charge on any atom is 0.417 e. The van der Waals surface area contributed by atoms with E-state index < -0.39 is 5.76 Å². The zero-order chi connectivity index (χ0) is 17.2. The van der Waals surface area contributed by atoms with Crippen LogP contribution in [0.25, 0.3) is 11.1 Å². The average molecular weight is 339 g/mol. The number of nitrogens with one attached hydrogen (secondary N) is 1. The molecule has 0 atom stereocenters. The Kier molecular flexibility index (Phi) is 4.19. The number of oxazole rings is 1. The van der Waals surface area contributed by atoms with Gasteiger partial charge in [-0.25, -0.2) is 4.79 Å². The van der Waals surface area contributed by atoms with Crippen LogP contribution >= 0.6 is 0 Å². The number of rotatable bonds is 4. The van der Waals surface area contributed by atoms with Gasteiger partial charge in [0.05, 0.1) is 18.3 Å². The molecule has 2 heterocycles. The van der Waals surface area contributed by atoms with Crippen LogP contribution in [0, 0.1) is 0 Å². The molecule has 0 saturated carbocycles. The van der Waals surface area contributed by atoms with Gasteiger partial charge in [-0.1, -0.05) is 24.3 Å². The number of piperazine rings is 1. The Hall–Kier alpha value is -2.73. The molecule has 0 amide bonds. The van der Waals surface area contributed by atoms with Crippen LogP contribution in [0.1, 0.15) is 5.56 Å². The Morgan fingerprint density at radius 1 is 1.08 bits per heavy atom. The van der Waals surface area contributed by atoms with E-state index in [2.05, 4.69) is 20.9 Å². The van der Waals surface area contributed by atoms with Crippen LogP contribution in [0.4, 0.5) is 5.69 Å². The SMILES string of the molecule is COc1ccccc1N1CCN(Cc2cccc3oc(=O)[nH]c23)CC1. The van der Waals surface area contributed by atoms with Crippen molar-refractivity contribution in [1.82, 2.24) is 9.88 Å². The molecule has 1 aliphatic heterocycles. The van der Waals surface area contributed by atoms with Gasteiger partial charge < -0.3 is 14.1 Å². The number of para-hydroxylation sites is 3. The van der Waals surface area contributed by atoms with Crippen LogP contribution < -0.4 is 15.4 Å². The smallest absolute Gasteiger partial charge is 0.417 e. The van der Waals surface area contributed by atoms with E-state index >= 15 is 0 Å². The molecule has 0 radical (unpaired) electrons. The van der Waals surface area contributed by atoms with Crippen molar-refractivity contribution < 1.29 is 9.15 Å². The zero-order valence-electron chi connectivity index (χ0n) is 14.2. The van der Waals surface area contributed by atoms with E-state index in [0.29, 0.717) is 5.58 Å². The summed E-state index contributed by atoms with van der Waals surface area (Å²) in [7, 11) is 1.71. The van der Waals surface area contributed by atoms with Gasteiger partial charge in [0, 0.05) is 32.7 Å². The number of H-pyrrole nitrogens is 1. The fourth-order valence-corrected chi connectivity index (χ4v) is 3.44. The second-order valence-electron chi connectivity index (χ2n) is 6.24. The van der Waals surface area contributed by atoms with Crippen molar-refractivity contribution in [1.29, 1.82) is 0 Å². The van der Waals surface area contributed by atoms with Gasteiger partial charge in [0.25, 0.3) is 0 Å². The van der Waals surface area contributed by atoms with Crippen molar-refractivity contribution in [3.63, 3.8) is 0 Å². The molecule has 0 spiro atoms. The second-order valence-corrected chi connectivity index (χ2v) is 6.24. The minimum Gasteiger partial charge on any atom is -0.495 e. The lowest BCUT2D eigenvalue weighted by Crippen LogP contribution is -2.46. The van der Waals surface area contributed by atoms with Gasteiger partial charge in [-0.15, -0.1) is 0 Å². The van der Waals surface area contributed by atoms with Crippen molar-refractivity contribution in [3.8, 4) is 5.75 Å². The number of fused-ring (bicyclic) bond motifs is 1. The second kappa shape index (κ2) is 6.64. The summed E-state index contributed by atoms with van der Waals surface area (Å²) in [6.07, 6.45) is 0. The highest BCUT2D eigenvalue weighted by atomic mass is 16.5. The van der Waals surface area contributed by atoms with E-state index in [1.54, 1.807) is 7.11 Å². The lowest BCUT2D eigenvalue weighted by Gasteiger charge is -2.36. The van der Waals surface area contributed by atoms with Crippen molar-refractivity contribution in [2.75, 3.05) is 38.2 Å². The third-order valence-electron chi connectivity index (χ3n) is 4.73. The van der Waals surface area contributed by atoms with Crippen molar-refractivity contribution in [3.05, 3.63) is 58.6 Å². The Balaban J connectivity index is 1.46. The predicted octanol–water partition coefficient (Wildman–Crippen LogP) is 2.45. The van der Waals surface area contributed by atoms with Gasteiger partial charge in [-0.2, -0.15) is 0 Å². The quantitative estimate of drug-likeness (QED) is 0.791. The number of methoxy groups -OCH3 is 1. The van der Waals surface area contributed by atoms with E-state index in [9.17, 15) is 4.79 Å². The third-order valence-corrected chi connectivity index (χ3v) is 4.73. The summed E-state index contributed by atoms with van der Waals surface area (Å²) in [5, 5.41) is 0. The first-order valence-corrected chi connectivity index (χ1v) is 8.45. The Morgan fingerprint density at radius 3 is 2.68 bits per heavy atom. The van der Waals surface area contributed by atoms with E-state index in [4.69, 9.17) is 9.15 Å². The molecule has 2 aromatic carbocycles. The lowest BCUT2D eigenvalue weighted by atomic mass is 10.1. The van der Waals surface area contributed by atoms with Gasteiger partial charge >= 0.3 is 5.76 Å². The minimum atomic E-state index is -0.400. The Bertz CT molecular complexity index is 923. The number of nitrogens with zero attached hydrogens (tertiary/aromatic N) is 2. The van der Waals surface area contributed by atoms with Crippen LogP contribution in [0.5, 0.6) is 5.75 Å². The minimum absolute atomic E-state index is 0.400. The molecule has 1 N–H and O–H groups in total. The van der Waals surface area contributed by atoms with Gasteiger partial charge in [-0.05, 0) is 23.8 Å². The standard InChI is InChI=1S/C19H21N3O3/c1-24-16-7-3-2-6-15(16)22-11-9-21(10-12-22)13-14-5-4-8-17-18(14)20-19(23)25-17/h2-8H,9-13H2,1H3,(H,20,23). The highest BCUT2D eigenvalue weighted by Crippen LogP contribution is 2.28. The van der Waals surface area contributed by atoms with Crippen LogP contribution in [0.3, 0.4) is 0 Å². The normalized spacial score (nSPS) is 15.6. The molecule has 1 fully saturated rings. The van der Waals surface area contributed by atoms with Gasteiger partial charge in [0.1, 0.15) is 5.75 Å². The molecule has 1 saturated heterocycles. The summed E-state index contributed by atoms with van der Waals surface area (Å²) in [5.74, 6) is 0.514. The molecule has 0 bridgehead atoms. The third kappa shape index (κ3) is 3.13. The molecule has 0 unspecified atom stereocenters. The molecule has 6 nitrogen and oxygen atoms in total. The first kappa shape index (κ1) is 15.8. The fourth-order valence-electron chi connectivity index (χ4n) is 3.44. The monoisotopic (exact) mass is 339 g/mol. The molecule has 130 valence electrons. The summed E-state index contributed by atoms with van der Waals surface area (Å²) in [6, 6.07) is 13.9. The number of benzene rings is 2. The molecule has 1 aromatic heterocycles. The van der Waals surface area contributed by atoms with Crippen LogP contribution in [0.2, 0.25) is 0 Å². The molecule has 1 aliphatic rings. The van der Waals surface area contributed by atoms with Crippen molar-refractivity contribution in [2.24, 2.45) is 0 Å². The van der Waals surface area contributed by atoms with Crippen molar-refractivity contribution in [2.45, 2.75) is 6.54 Å². The maximum absolute atomic E-state index is 11.4. The molecule has 25 heavy (non-hydrogen) atoms. The molecular weight excluding hydrogens is 318 g/mol. The number of aromatic amines is 1. The Labute approximate surface area is 145 Å². The Morgan fingerprint density at radius 2 is 1.88 bits per heavy atom. The van der Waals surface area contributed by atoms with E-state index in [1.807, 2.05) is 36.4 Å². The molecule has 0 aliphatic carbocycles. The molecule has 3 aromatic rings. The average Bonchev–Trinajstić information content (AvgIpc) is 3.04. The summed E-state index contributed by atoms with van der Waals surface area (Å²) in [6.45, 7) is 4.59. The highest BCUT2D eigenvalue weighted by molar-refractivity contribution is 5.75. The van der Waals surface area contributed by atoms with E-state index in [0.717, 1.165) is 55.2 Å². The van der Waals surface area contributed by atoms with Gasteiger partial charge in [-0.3, -0.25) is 9.88 Å². The largest absolute Gasteiger partial charge is 0.495 e. The van der Waals surface area contributed by atoms with Crippen LogP contribution in [-0.4, -0.2) is 43.2 Å². The molecule has 6 heteroatoms. The first-order valence-electron chi connectivity index (χ1n) is 8.45. The highest BCUT2D eigenvalue weighted by Gasteiger charge is 2.20. The number of aromatic nitrogens is 1. The van der Waals surface area contributed by atoms with E-state index in [-0.39, 0.29) is 0 Å². The number of ether oxygens (including phenoxy) is 1. The fraction of sp³-hybridized carbons (Fsp3) is 0.316. The van der Waals surface area contributed by atoms with Crippen LogP contribution in [-0.2, 0) is 6.54 Å². The van der Waals surface area contributed by atoms with E-state index in [1.165, 1.54) is 0 Å². The summed E-state index contributed by atoms with van der Waals surface area (Å²) in [5.41, 5.74) is 3.66. The number of anilines is 1. The predicted molar refractivity (Wildman–Crippen MR) is 97.3 cm³/mol. The first-order chi connectivity index (χ1) is 12.2. The number of hydrogen-bond acceptors (Lipinski definition) is 5. The van der Waals surface area contributed by atoms with Crippen LogP contribution in [0.15, 0.2) is 51.7 Å². The molecular formula is C19H21N3O3. The lowest BCUT2D eigenvalue weighted by molar-refractivity contribution is 0.250.